The van der Waals surface area contributed by atoms with Gasteiger partial charge in [0.2, 0.25) is 0 Å². The van der Waals surface area contributed by atoms with E-state index in [-0.39, 0.29) is 0 Å². The lowest BCUT2D eigenvalue weighted by atomic mass is 10.2. The van der Waals surface area contributed by atoms with E-state index in [1.807, 2.05) is 37.0 Å². The highest BCUT2D eigenvalue weighted by molar-refractivity contribution is 5.54. The van der Waals surface area contributed by atoms with E-state index in [2.05, 4.69) is 15.3 Å². The minimum atomic E-state index is 0.791. The van der Waals surface area contributed by atoms with Crippen LogP contribution >= 0.6 is 0 Å². The minimum Gasteiger partial charge on any atom is -0.334 e. The maximum absolute atomic E-state index is 4.54. The van der Waals surface area contributed by atoms with Crippen LogP contribution in [0.4, 0.5) is 0 Å². The molecule has 0 aromatic carbocycles. The van der Waals surface area contributed by atoms with Crippen molar-refractivity contribution in [2.24, 2.45) is 7.05 Å². The van der Waals surface area contributed by atoms with Crippen LogP contribution in [-0.4, -0.2) is 21.6 Å². The highest BCUT2D eigenvalue weighted by Crippen LogP contribution is 2.16. The first-order chi connectivity index (χ1) is 7.31. The fraction of sp³-hybridized carbons (Fsp3) is 0.273. The second-order valence-electron chi connectivity index (χ2n) is 3.43. The number of nitrogens with one attached hydrogen (secondary N) is 1. The molecule has 2 rings (SSSR count). The van der Waals surface area contributed by atoms with Gasteiger partial charge in [-0.2, -0.15) is 0 Å². The van der Waals surface area contributed by atoms with Crippen LogP contribution in [0.15, 0.2) is 30.7 Å². The van der Waals surface area contributed by atoms with Crippen LogP contribution in [0.2, 0.25) is 0 Å². The molecule has 0 unspecified atom stereocenters. The summed E-state index contributed by atoms with van der Waals surface area (Å²) in [6, 6.07) is 3.93. The fourth-order valence-electron chi connectivity index (χ4n) is 1.56. The van der Waals surface area contributed by atoms with E-state index >= 15 is 0 Å². The van der Waals surface area contributed by atoms with Crippen molar-refractivity contribution >= 4 is 0 Å². The standard InChI is InChI=1S/C11H14N4/c1-12-7-10-8-15(2)11(14-10)9-3-5-13-6-4-9/h3-6,8,12H,7H2,1-2H3. The minimum absolute atomic E-state index is 0.791. The van der Waals surface area contributed by atoms with E-state index in [1.165, 1.54) is 0 Å². The summed E-state index contributed by atoms with van der Waals surface area (Å²) in [6.07, 6.45) is 5.59. The summed E-state index contributed by atoms with van der Waals surface area (Å²) >= 11 is 0. The average Bonchev–Trinajstić information content (AvgIpc) is 2.61. The zero-order valence-electron chi connectivity index (χ0n) is 8.94. The average molecular weight is 202 g/mol. The highest BCUT2D eigenvalue weighted by atomic mass is 15.1. The van der Waals surface area contributed by atoms with Gasteiger partial charge in [0.05, 0.1) is 5.69 Å². The van der Waals surface area contributed by atoms with Gasteiger partial charge in [-0.25, -0.2) is 4.98 Å². The van der Waals surface area contributed by atoms with E-state index in [0.717, 1.165) is 23.6 Å². The van der Waals surface area contributed by atoms with Gasteiger partial charge >= 0.3 is 0 Å². The Bertz CT molecular complexity index is 433. The number of imidazole rings is 1. The van der Waals surface area contributed by atoms with Crippen molar-refractivity contribution < 1.29 is 0 Å². The van der Waals surface area contributed by atoms with Crippen molar-refractivity contribution in [1.82, 2.24) is 19.9 Å². The van der Waals surface area contributed by atoms with Gasteiger partial charge in [0.25, 0.3) is 0 Å². The van der Waals surface area contributed by atoms with Crippen molar-refractivity contribution in [3.05, 3.63) is 36.4 Å². The lowest BCUT2D eigenvalue weighted by Crippen LogP contribution is -2.04. The topological polar surface area (TPSA) is 42.7 Å². The van der Waals surface area contributed by atoms with Crippen LogP contribution in [0, 0.1) is 0 Å². The first kappa shape index (κ1) is 9.86. The number of aromatic nitrogens is 3. The molecule has 1 N–H and O–H groups in total. The van der Waals surface area contributed by atoms with E-state index in [0.29, 0.717) is 0 Å². The van der Waals surface area contributed by atoms with Gasteiger partial charge in [-0.05, 0) is 19.2 Å². The normalized spacial score (nSPS) is 10.5. The molecule has 78 valence electrons. The number of nitrogens with zero attached hydrogens (tertiary/aromatic N) is 3. The molecule has 2 aromatic heterocycles. The Kier molecular flexibility index (Phi) is 2.78. The largest absolute Gasteiger partial charge is 0.334 e. The molecule has 0 fully saturated rings. The van der Waals surface area contributed by atoms with Crippen LogP contribution in [0.5, 0.6) is 0 Å². The van der Waals surface area contributed by atoms with Gasteiger partial charge in [-0.1, -0.05) is 0 Å². The van der Waals surface area contributed by atoms with E-state index in [1.54, 1.807) is 12.4 Å². The molecule has 0 radical (unpaired) electrons. The Morgan fingerprint density at radius 1 is 1.33 bits per heavy atom. The molecule has 4 heteroatoms. The maximum atomic E-state index is 4.54. The maximum Gasteiger partial charge on any atom is 0.140 e. The second kappa shape index (κ2) is 4.23. The van der Waals surface area contributed by atoms with E-state index in [4.69, 9.17) is 0 Å². The molecule has 0 atom stereocenters. The SMILES string of the molecule is CNCc1cn(C)c(-c2ccncc2)n1. The molecule has 2 aromatic rings. The molecule has 4 nitrogen and oxygen atoms in total. The molecule has 0 saturated heterocycles. The fourth-order valence-corrected chi connectivity index (χ4v) is 1.56. The van der Waals surface area contributed by atoms with E-state index in [9.17, 15) is 0 Å². The van der Waals surface area contributed by atoms with Gasteiger partial charge in [-0.15, -0.1) is 0 Å². The third kappa shape index (κ3) is 2.05. The first-order valence-electron chi connectivity index (χ1n) is 4.88. The molecule has 2 heterocycles. The van der Waals surface area contributed by atoms with Crippen LogP contribution in [0.1, 0.15) is 5.69 Å². The number of rotatable bonds is 3. The molecule has 0 amide bonds. The van der Waals surface area contributed by atoms with Crippen LogP contribution in [-0.2, 0) is 13.6 Å². The summed E-state index contributed by atoms with van der Waals surface area (Å²) in [6.45, 7) is 0.791. The summed E-state index contributed by atoms with van der Waals surface area (Å²) in [7, 11) is 3.92. The summed E-state index contributed by atoms with van der Waals surface area (Å²) in [4.78, 5) is 8.54. The molecule has 0 saturated carbocycles. The van der Waals surface area contributed by atoms with E-state index < -0.39 is 0 Å². The Morgan fingerprint density at radius 3 is 2.73 bits per heavy atom. The molecule has 0 bridgehead atoms. The van der Waals surface area contributed by atoms with Gasteiger partial charge in [-0.3, -0.25) is 4.98 Å². The number of pyridine rings is 1. The van der Waals surface area contributed by atoms with Crippen molar-refractivity contribution in [1.29, 1.82) is 0 Å². The Hall–Kier alpha value is -1.68. The van der Waals surface area contributed by atoms with Crippen LogP contribution < -0.4 is 5.32 Å². The summed E-state index contributed by atoms with van der Waals surface area (Å²) < 4.78 is 2.03. The molecule has 0 aliphatic carbocycles. The smallest absolute Gasteiger partial charge is 0.140 e. The molecule has 15 heavy (non-hydrogen) atoms. The van der Waals surface area contributed by atoms with Crippen molar-refractivity contribution in [2.45, 2.75) is 6.54 Å². The summed E-state index contributed by atoms with van der Waals surface area (Å²) in [5.74, 6) is 0.975. The summed E-state index contributed by atoms with van der Waals surface area (Å²) in [5, 5.41) is 3.09. The Balaban J connectivity index is 2.36. The Labute approximate surface area is 89.0 Å². The molecular formula is C11H14N4. The van der Waals surface area contributed by atoms with Crippen LogP contribution in [0.3, 0.4) is 0 Å². The predicted molar refractivity (Wildman–Crippen MR) is 59.2 cm³/mol. The van der Waals surface area contributed by atoms with Crippen molar-refractivity contribution in [2.75, 3.05) is 7.05 Å². The lowest BCUT2D eigenvalue weighted by Gasteiger charge is -1.99. The Morgan fingerprint density at radius 2 is 2.07 bits per heavy atom. The monoisotopic (exact) mass is 202 g/mol. The van der Waals surface area contributed by atoms with Crippen LogP contribution in [0.25, 0.3) is 11.4 Å². The number of hydrogen-bond acceptors (Lipinski definition) is 3. The van der Waals surface area contributed by atoms with Gasteiger partial charge in [0.15, 0.2) is 0 Å². The first-order valence-corrected chi connectivity index (χ1v) is 4.88. The summed E-state index contributed by atoms with van der Waals surface area (Å²) in [5.41, 5.74) is 2.14. The third-order valence-corrected chi connectivity index (χ3v) is 2.22. The highest BCUT2D eigenvalue weighted by Gasteiger charge is 2.06. The lowest BCUT2D eigenvalue weighted by molar-refractivity contribution is 0.795. The van der Waals surface area contributed by atoms with Crippen molar-refractivity contribution in [3.8, 4) is 11.4 Å². The molecule has 0 aliphatic rings. The zero-order chi connectivity index (χ0) is 10.7. The molecule has 0 aliphatic heterocycles. The van der Waals surface area contributed by atoms with Gasteiger partial charge < -0.3 is 9.88 Å². The zero-order valence-corrected chi connectivity index (χ0v) is 8.94. The predicted octanol–water partition coefficient (Wildman–Crippen LogP) is 1.20. The molecule has 0 spiro atoms. The van der Waals surface area contributed by atoms with Crippen molar-refractivity contribution in [3.63, 3.8) is 0 Å². The van der Waals surface area contributed by atoms with Gasteiger partial charge in [0.1, 0.15) is 5.82 Å². The second-order valence-corrected chi connectivity index (χ2v) is 3.43. The quantitative estimate of drug-likeness (QED) is 0.813. The van der Waals surface area contributed by atoms with Gasteiger partial charge in [0, 0.05) is 37.7 Å². The number of hydrogen-bond donors (Lipinski definition) is 1. The third-order valence-electron chi connectivity index (χ3n) is 2.22. The number of aryl methyl sites for hydroxylation is 1. The molecular weight excluding hydrogens is 188 g/mol.